The van der Waals surface area contributed by atoms with Crippen molar-refractivity contribution in [3.63, 3.8) is 0 Å². The first-order valence-corrected chi connectivity index (χ1v) is 9.25. The van der Waals surface area contributed by atoms with Crippen LogP contribution in [0.4, 0.5) is 0 Å². The van der Waals surface area contributed by atoms with Gasteiger partial charge in [-0.1, -0.05) is 30.3 Å². The van der Waals surface area contributed by atoms with E-state index in [4.69, 9.17) is 4.74 Å². The fourth-order valence-corrected chi connectivity index (χ4v) is 4.49. The lowest BCUT2D eigenvalue weighted by atomic mass is 10.00. The summed E-state index contributed by atoms with van der Waals surface area (Å²) in [5.74, 6) is 0. The molecule has 126 valence electrons. The van der Waals surface area contributed by atoms with Crippen molar-refractivity contribution in [2.75, 3.05) is 39.5 Å². The second-order valence-electron chi connectivity index (χ2n) is 7.18. The molecule has 1 N–H and O–H groups in total. The van der Waals surface area contributed by atoms with Gasteiger partial charge in [-0.3, -0.25) is 9.80 Å². The summed E-state index contributed by atoms with van der Waals surface area (Å²) in [7, 11) is 0. The van der Waals surface area contributed by atoms with Crippen molar-refractivity contribution in [3.05, 3.63) is 35.9 Å². The lowest BCUT2D eigenvalue weighted by Gasteiger charge is -2.36. The molecular weight excluding hydrogens is 286 g/mol. The molecule has 1 aromatic rings. The van der Waals surface area contributed by atoms with Crippen LogP contribution in [0.25, 0.3) is 0 Å². The van der Waals surface area contributed by atoms with Gasteiger partial charge in [-0.2, -0.15) is 0 Å². The standard InChI is InChI=1S/C19H29N3O/c1-2-4-16(5-3-1)19-14-21(17-8-12-23-13-9-17)15-22(19)18-6-10-20-11-7-18/h1-5,17-20H,6-15H2/t19-/m0/s1. The van der Waals surface area contributed by atoms with Gasteiger partial charge >= 0.3 is 0 Å². The van der Waals surface area contributed by atoms with Gasteiger partial charge in [0.15, 0.2) is 0 Å². The Morgan fingerprint density at radius 1 is 0.913 bits per heavy atom. The SMILES string of the molecule is c1ccc([C@@H]2CN(C3CCOCC3)CN2C2CCNCC2)cc1. The van der Waals surface area contributed by atoms with E-state index in [-0.39, 0.29) is 0 Å². The Morgan fingerprint density at radius 3 is 2.39 bits per heavy atom. The summed E-state index contributed by atoms with van der Waals surface area (Å²) in [6, 6.07) is 13.1. The molecule has 4 nitrogen and oxygen atoms in total. The van der Waals surface area contributed by atoms with Gasteiger partial charge in [0.25, 0.3) is 0 Å². The molecule has 3 aliphatic rings. The van der Waals surface area contributed by atoms with Crippen LogP contribution in [0.1, 0.15) is 37.3 Å². The van der Waals surface area contributed by atoms with Crippen LogP contribution in [-0.4, -0.2) is 61.4 Å². The van der Waals surface area contributed by atoms with Crippen molar-refractivity contribution in [2.24, 2.45) is 0 Å². The lowest BCUT2D eigenvalue weighted by molar-refractivity contribution is 0.0326. The van der Waals surface area contributed by atoms with Gasteiger partial charge in [0.05, 0.1) is 6.67 Å². The third kappa shape index (κ3) is 3.45. The summed E-state index contributed by atoms with van der Waals surface area (Å²) in [6.07, 6.45) is 4.96. The van der Waals surface area contributed by atoms with Gasteiger partial charge in [-0.25, -0.2) is 0 Å². The first kappa shape index (κ1) is 15.6. The minimum absolute atomic E-state index is 0.558. The van der Waals surface area contributed by atoms with Crippen molar-refractivity contribution >= 4 is 0 Å². The van der Waals surface area contributed by atoms with Crippen LogP contribution in [0.5, 0.6) is 0 Å². The molecule has 1 atom stereocenters. The van der Waals surface area contributed by atoms with Crippen LogP contribution in [0, 0.1) is 0 Å². The number of hydrogen-bond acceptors (Lipinski definition) is 4. The Kier molecular flexibility index (Phi) is 4.95. The fraction of sp³-hybridized carbons (Fsp3) is 0.684. The fourth-order valence-electron chi connectivity index (χ4n) is 4.49. The van der Waals surface area contributed by atoms with Gasteiger partial charge in [0.1, 0.15) is 0 Å². The minimum atomic E-state index is 0.558. The Hall–Kier alpha value is -0.940. The van der Waals surface area contributed by atoms with E-state index in [1.807, 2.05) is 0 Å². The highest BCUT2D eigenvalue weighted by Gasteiger charge is 2.39. The Bertz CT molecular complexity index is 483. The molecule has 3 aliphatic heterocycles. The van der Waals surface area contributed by atoms with Crippen LogP contribution < -0.4 is 5.32 Å². The molecule has 0 spiro atoms. The number of piperidine rings is 1. The average Bonchev–Trinajstić information content (AvgIpc) is 3.09. The van der Waals surface area contributed by atoms with E-state index in [0.717, 1.165) is 25.9 Å². The molecule has 3 saturated heterocycles. The molecule has 1 aromatic carbocycles. The van der Waals surface area contributed by atoms with Crippen LogP contribution in [-0.2, 0) is 4.74 Å². The van der Waals surface area contributed by atoms with E-state index in [9.17, 15) is 0 Å². The second kappa shape index (κ2) is 7.31. The molecule has 4 heteroatoms. The molecule has 0 aliphatic carbocycles. The van der Waals surface area contributed by atoms with E-state index in [1.54, 1.807) is 0 Å². The van der Waals surface area contributed by atoms with Crippen LogP contribution in [0.2, 0.25) is 0 Å². The maximum Gasteiger partial charge on any atom is 0.0518 e. The van der Waals surface area contributed by atoms with E-state index in [0.29, 0.717) is 12.1 Å². The molecule has 0 amide bonds. The summed E-state index contributed by atoms with van der Waals surface area (Å²) in [6.45, 7) is 6.52. The summed E-state index contributed by atoms with van der Waals surface area (Å²) in [5, 5.41) is 3.51. The van der Waals surface area contributed by atoms with Crippen LogP contribution in [0.15, 0.2) is 30.3 Å². The van der Waals surface area contributed by atoms with Crippen molar-refractivity contribution < 1.29 is 4.74 Å². The van der Waals surface area contributed by atoms with Crippen LogP contribution in [0.3, 0.4) is 0 Å². The molecular formula is C19H29N3O. The quantitative estimate of drug-likeness (QED) is 0.926. The molecule has 3 fully saturated rings. The van der Waals surface area contributed by atoms with E-state index >= 15 is 0 Å². The average molecular weight is 315 g/mol. The molecule has 0 bridgehead atoms. The molecule has 23 heavy (non-hydrogen) atoms. The van der Waals surface area contributed by atoms with Gasteiger partial charge in [-0.15, -0.1) is 0 Å². The third-order valence-electron chi connectivity index (χ3n) is 5.82. The number of nitrogens with one attached hydrogen (secondary N) is 1. The summed E-state index contributed by atoms with van der Waals surface area (Å²) >= 11 is 0. The summed E-state index contributed by atoms with van der Waals surface area (Å²) in [5.41, 5.74) is 1.49. The van der Waals surface area contributed by atoms with E-state index in [2.05, 4.69) is 45.4 Å². The maximum atomic E-state index is 5.57. The molecule has 0 saturated carbocycles. The molecule has 0 unspecified atom stereocenters. The Labute approximate surface area is 139 Å². The van der Waals surface area contributed by atoms with E-state index in [1.165, 1.54) is 50.9 Å². The maximum absolute atomic E-state index is 5.57. The normalized spacial score (nSPS) is 29.1. The van der Waals surface area contributed by atoms with Gasteiger partial charge in [0.2, 0.25) is 0 Å². The number of ether oxygens (including phenoxy) is 1. The second-order valence-corrected chi connectivity index (χ2v) is 7.18. The number of hydrogen-bond donors (Lipinski definition) is 1. The van der Waals surface area contributed by atoms with Gasteiger partial charge < -0.3 is 10.1 Å². The predicted molar refractivity (Wildman–Crippen MR) is 92.3 cm³/mol. The largest absolute Gasteiger partial charge is 0.381 e. The lowest BCUT2D eigenvalue weighted by Crippen LogP contribution is -2.45. The molecule has 0 radical (unpaired) electrons. The van der Waals surface area contributed by atoms with Crippen LogP contribution >= 0.6 is 0 Å². The van der Waals surface area contributed by atoms with Crippen molar-refractivity contribution in [1.29, 1.82) is 0 Å². The van der Waals surface area contributed by atoms with Crippen molar-refractivity contribution in [2.45, 2.75) is 43.8 Å². The Morgan fingerprint density at radius 2 is 1.65 bits per heavy atom. The third-order valence-corrected chi connectivity index (χ3v) is 5.82. The zero-order valence-electron chi connectivity index (χ0n) is 14.0. The molecule has 3 heterocycles. The van der Waals surface area contributed by atoms with E-state index < -0.39 is 0 Å². The number of nitrogens with zero attached hydrogens (tertiary/aromatic N) is 2. The van der Waals surface area contributed by atoms with Gasteiger partial charge in [0, 0.05) is 37.9 Å². The predicted octanol–water partition coefficient (Wildman–Crippen LogP) is 2.23. The Balaban J connectivity index is 1.53. The molecule has 4 rings (SSSR count). The monoisotopic (exact) mass is 315 g/mol. The zero-order chi connectivity index (χ0) is 15.5. The van der Waals surface area contributed by atoms with Gasteiger partial charge in [-0.05, 0) is 44.3 Å². The minimum Gasteiger partial charge on any atom is -0.381 e. The highest BCUT2D eigenvalue weighted by atomic mass is 16.5. The number of benzene rings is 1. The van der Waals surface area contributed by atoms with Crippen molar-refractivity contribution in [1.82, 2.24) is 15.1 Å². The highest BCUT2D eigenvalue weighted by Crippen LogP contribution is 2.34. The first-order valence-electron chi connectivity index (χ1n) is 9.25. The molecule has 0 aromatic heterocycles. The summed E-state index contributed by atoms with van der Waals surface area (Å²) < 4.78 is 5.57. The number of rotatable bonds is 3. The summed E-state index contributed by atoms with van der Waals surface area (Å²) in [4.78, 5) is 5.51. The smallest absolute Gasteiger partial charge is 0.0518 e. The van der Waals surface area contributed by atoms with Crippen molar-refractivity contribution in [3.8, 4) is 0 Å². The first-order chi connectivity index (χ1) is 11.4. The highest BCUT2D eigenvalue weighted by molar-refractivity contribution is 5.21. The zero-order valence-corrected chi connectivity index (χ0v) is 14.0. The topological polar surface area (TPSA) is 27.7 Å².